The van der Waals surface area contributed by atoms with Crippen molar-refractivity contribution in [2.45, 2.75) is 52.2 Å². The van der Waals surface area contributed by atoms with Gasteiger partial charge in [0.25, 0.3) is 0 Å². The zero-order chi connectivity index (χ0) is 11.0. The summed E-state index contributed by atoms with van der Waals surface area (Å²) in [5.41, 5.74) is 0. The highest BCUT2D eigenvalue weighted by atomic mass is 16.3. The van der Waals surface area contributed by atoms with Crippen molar-refractivity contribution in [1.29, 1.82) is 0 Å². The van der Waals surface area contributed by atoms with Crippen molar-refractivity contribution in [3.05, 3.63) is 0 Å². The topological polar surface area (TPSA) is 52.5 Å². The molecule has 0 aromatic rings. The SMILES string of the molecule is CCC(CC)C(O)CNCCC(C)O. The normalized spacial score (nSPS) is 15.9. The van der Waals surface area contributed by atoms with E-state index >= 15 is 0 Å². The fourth-order valence-corrected chi connectivity index (χ4v) is 1.56. The molecular weight excluding hydrogens is 178 g/mol. The van der Waals surface area contributed by atoms with Crippen molar-refractivity contribution in [2.75, 3.05) is 13.1 Å². The Morgan fingerprint density at radius 2 is 1.71 bits per heavy atom. The molecule has 0 saturated carbocycles. The second kappa shape index (κ2) is 8.21. The van der Waals surface area contributed by atoms with Gasteiger partial charge in [0.15, 0.2) is 0 Å². The molecule has 0 radical (unpaired) electrons. The molecule has 0 saturated heterocycles. The Balaban J connectivity index is 3.47. The first kappa shape index (κ1) is 13.9. The van der Waals surface area contributed by atoms with Gasteiger partial charge in [-0.05, 0) is 25.8 Å². The molecule has 0 aliphatic carbocycles. The lowest BCUT2D eigenvalue weighted by atomic mass is 9.96. The van der Waals surface area contributed by atoms with Crippen LogP contribution in [0.3, 0.4) is 0 Å². The highest BCUT2D eigenvalue weighted by molar-refractivity contribution is 4.68. The summed E-state index contributed by atoms with van der Waals surface area (Å²) in [5, 5.41) is 21.9. The van der Waals surface area contributed by atoms with Gasteiger partial charge in [0.05, 0.1) is 12.2 Å². The first-order valence-electron chi connectivity index (χ1n) is 5.68. The van der Waals surface area contributed by atoms with Crippen molar-refractivity contribution in [1.82, 2.24) is 5.32 Å². The van der Waals surface area contributed by atoms with E-state index in [9.17, 15) is 5.11 Å². The van der Waals surface area contributed by atoms with Crippen LogP contribution in [0.5, 0.6) is 0 Å². The molecule has 0 amide bonds. The van der Waals surface area contributed by atoms with Crippen LogP contribution in [0.1, 0.15) is 40.0 Å². The van der Waals surface area contributed by atoms with E-state index in [2.05, 4.69) is 19.2 Å². The molecule has 0 aliphatic rings. The van der Waals surface area contributed by atoms with Crippen molar-refractivity contribution >= 4 is 0 Å². The summed E-state index contributed by atoms with van der Waals surface area (Å²) >= 11 is 0. The maximum absolute atomic E-state index is 9.75. The lowest BCUT2D eigenvalue weighted by Gasteiger charge is -2.20. The van der Waals surface area contributed by atoms with Gasteiger partial charge in [0.1, 0.15) is 0 Å². The van der Waals surface area contributed by atoms with Gasteiger partial charge in [-0.25, -0.2) is 0 Å². The van der Waals surface area contributed by atoms with Crippen molar-refractivity contribution in [3.8, 4) is 0 Å². The molecule has 3 heteroatoms. The van der Waals surface area contributed by atoms with Crippen LogP contribution in [0.4, 0.5) is 0 Å². The monoisotopic (exact) mass is 203 g/mol. The fourth-order valence-electron chi connectivity index (χ4n) is 1.56. The molecule has 0 rings (SSSR count). The van der Waals surface area contributed by atoms with Crippen molar-refractivity contribution in [3.63, 3.8) is 0 Å². The third kappa shape index (κ3) is 6.35. The molecule has 0 heterocycles. The Morgan fingerprint density at radius 1 is 1.14 bits per heavy atom. The summed E-state index contributed by atoms with van der Waals surface area (Å²) < 4.78 is 0. The Kier molecular flexibility index (Phi) is 8.14. The number of aliphatic hydroxyl groups excluding tert-OH is 2. The first-order chi connectivity index (χ1) is 6.61. The summed E-state index contributed by atoms with van der Waals surface area (Å²) in [7, 11) is 0. The molecule has 86 valence electrons. The quantitative estimate of drug-likeness (QED) is 0.519. The minimum atomic E-state index is -0.257. The average molecular weight is 203 g/mol. The molecule has 0 fully saturated rings. The van der Waals surface area contributed by atoms with Crippen LogP contribution in [0.2, 0.25) is 0 Å². The zero-order valence-electron chi connectivity index (χ0n) is 9.66. The third-order valence-corrected chi connectivity index (χ3v) is 2.69. The van der Waals surface area contributed by atoms with E-state index in [1.807, 2.05) is 0 Å². The van der Waals surface area contributed by atoms with Crippen molar-refractivity contribution in [2.24, 2.45) is 5.92 Å². The summed E-state index contributed by atoms with van der Waals surface area (Å²) in [6.45, 7) is 7.40. The molecule has 0 bridgehead atoms. The molecule has 14 heavy (non-hydrogen) atoms. The van der Waals surface area contributed by atoms with Crippen LogP contribution in [-0.4, -0.2) is 35.5 Å². The maximum Gasteiger partial charge on any atom is 0.0692 e. The van der Waals surface area contributed by atoms with E-state index in [0.717, 1.165) is 25.8 Å². The molecule has 0 aliphatic heterocycles. The molecular formula is C11H25NO2. The third-order valence-electron chi connectivity index (χ3n) is 2.69. The van der Waals surface area contributed by atoms with Gasteiger partial charge < -0.3 is 15.5 Å². The predicted octanol–water partition coefficient (Wildman–Crippen LogP) is 1.14. The Hall–Kier alpha value is -0.120. The van der Waals surface area contributed by atoms with Gasteiger partial charge in [-0.3, -0.25) is 0 Å². The van der Waals surface area contributed by atoms with E-state index in [0.29, 0.717) is 12.5 Å². The van der Waals surface area contributed by atoms with E-state index in [1.54, 1.807) is 6.92 Å². The number of hydrogen-bond donors (Lipinski definition) is 3. The Labute approximate surface area is 87.5 Å². The van der Waals surface area contributed by atoms with Gasteiger partial charge in [-0.1, -0.05) is 26.7 Å². The van der Waals surface area contributed by atoms with E-state index in [-0.39, 0.29) is 12.2 Å². The summed E-state index contributed by atoms with van der Waals surface area (Å²) in [6, 6.07) is 0. The number of aliphatic hydroxyl groups is 2. The standard InChI is InChI=1S/C11H25NO2/c1-4-10(5-2)11(14)8-12-7-6-9(3)13/h9-14H,4-8H2,1-3H3. The lowest BCUT2D eigenvalue weighted by Crippen LogP contribution is -2.33. The molecule has 0 spiro atoms. The Morgan fingerprint density at radius 3 is 2.14 bits per heavy atom. The van der Waals surface area contributed by atoms with E-state index < -0.39 is 0 Å². The van der Waals surface area contributed by atoms with Crippen LogP contribution in [0.15, 0.2) is 0 Å². The highest BCUT2D eigenvalue weighted by Gasteiger charge is 2.14. The van der Waals surface area contributed by atoms with Gasteiger partial charge in [0.2, 0.25) is 0 Å². The predicted molar refractivity (Wildman–Crippen MR) is 59.2 cm³/mol. The van der Waals surface area contributed by atoms with Gasteiger partial charge in [0, 0.05) is 6.54 Å². The number of hydrogen-bond acceptors (Lipinski definition) is 3. The van der Waals surface area contributed by atoms with Crippen LogP contribution in [0.25, 0.3) is 0 Å². The molecule has 3 N–H and O–H groups in total. The molecule has 0 aromatic carbocycles. The summed E-state index contributed by atoms with van der Waals surface area (Å²) in [6.07, 6.45) is 2.29. The number of rotatable bonds is 8. The van der Waals surface area contributed by atoms with E-state index in [4.69, 9.17) is 5.11 Å². The minimum Gasteiger partial charge on any atom is -0.393 e. The molecule has 0 aromatic heterocycles. The van der Waals surface area contributed by atoms with Crippen molar-refractivity contribution < 1.29 is 10.2 Å². The zero-order valence-corrected chi connectivity index (χ0v) is 9.66. The maximum atomic E-state index is 9.75. The number of nitrogens with one attached hydrogen (secondary N) is 1. The van der Waals surface area contributed by atoms with E-state index in [1.165, 1.54) is 0 Å². The van der Waals surface area contributed by atoms with Gasteiger partial charge in [-0.2, -0.15) is 0 Å². The second-order valence-electron chi connectivity index (χ2n) is 3.99. The highest BCUT2D eigenvalue weighted by Crippen LogP contribution is 2.12. The fraction of sp³-hybridized carbons (Fsp3) is 1.00. The van der Waals surface area contributed by atoms with Crippen LogP contribution < -0.4 is 5.32 Å². The largest absolute Gasteiger partial charge is 0.393 e. The molecule has 2 atom stereocenters. The van der Waals surface area contributed by atoms with Crippen LogP contribution >= 0.6 is 0 Å². The molecule has 2 unspecified atom stereocenters. The first-order valence-corrected chi connectivity index (χ1v) is 5.68. The minimum absolute atomic E-state index is 0.251. The van der Waals surface area contributed by atoms with Crippen LogP contribution in [-0.2, 0) is 0 Å². The smallest absolute Gasteiger partial charge is 0.0692 e. The lowest BCUT2D eigenvalue weighted by molar-refractivity contribution is 0.0996. The molecule has 3 nitrogen and oxygen atoms in total. The summed E-state index contributed by atoms with van der Waals surface area (Å²) in [5.74, 6) is 0.397. The summed E-state index contributed by atoms with van der Waals surface area (Å²) in [4.78, 5) is 0. The van der Waals surface area contributed by atoms with Crippen LogP contribution in [0, 0.1) is 5.92 Å². The second-order valence-corrected chi connectivity index (χ2v) is 3.99. The Bertz CT molecular complexity index is 124. The van der Waals surface area contributed by atoms with Gasteiger partial charge >= 0.3 is 0 Å². The van der Waals surface area contributed by atoms with Gasteiger partial charge in [-0.15, -0.1) is 0 Å². The average Bonchev–Trinajstić information content (AvgIpc) is 2.14.